The van der Waals surface area contributed by atoms with Crippen LogP contribution in [0.5, 0.6) is 0 Å². The summed E-state index contributed by atoms with van der Waals surface area (Å²) in [5, 5.41) is 9.94. The van der Waals surface area contributed by atoms with Crippen molar-refractivity contribution in [3.63, 3.8) is 0 Å². The molecule has 1 heterocycles. The minimum Gasteiger partial charge on any atom is -0.435 e. The highest BCUT2D eigenvalue weighted by Gasteiger charge is 2.41. The van der Waals surface area contributed by atoms with E-state index in [0.717, 1.165) is 66.4 Å². The fourth-order valence-electron chi connectivity index (χ4n) is 9.16. The molecule has 11 rings (SSSR count). The Morgan fingerprint density at radius 3 is 1.39 bits per heavy atom. The third-order valence-electron chi connectivity index (χ3n) is 12.0. The Kier molecular flexibility index (Phi) is 9.18. The summed E-state index contributed by atoms with van der Waals surface area (Å²) >= 11 is 0. The molecule has 0 radical (unpaired) electrons. The molecule has 0 N–H and O–H groups in total. The molecule has 3 nitrogen and oxygen atoms in total. The van der Waals surface area contributed by atoms with E-state index in [0.29, 0.717) is 5.89 Å². The van der Waals surface area contributed by atoms with Gasteiger partial charge in [0.25, 0.3) is 0 Å². The number of anilines is 3. The van der Waals surface area contributed by atoms with Gasteiger partial charge < -0.3 is 9.32 Å². The van der Waals surface area contributed by atoms with Gasteiger partial charge in [-0.05, 0) is 109 Å². The number of oxazole rings is 1. The maximum Gasteiger partial charge on any atom is 0.227 e. The number of hydrogen-bond donors (Lipinski definition) is 0. The fraction of sp³-hybridized carbons (Fsp3) is 0. The molecule has 1 aromatic heterocycles. The summed E-state index contributed by atoms with van der Waals surface area (Å²) in [6.07, 6.45) is 0. The number of aromatic nitrogens is 1. The molecule has 0 aliphatic carbocycles. The SMILES string of the molecule is c1ccc(-c2nc3ccc4ccc5ccc(-c6ccc(N(c7ccccc7)c7ccc([Si](c8ccccc8)(c8ccccc8)c8ccccc8)cc7)cc6)cc5c4c3o2)cc1. The first-order chi connectivity index (χ1) is 30.2. The first-order valence-corrected chi connectivity index (χ1v) is 22.8. The highest BCUT2D eigenvalue weighted by molar-refractivity contribution is 7.19. The Morgan fingerprint density at radius 1 is 0.361 bits per heavy atom. The van der Waals surface area contributed by atoms with Gasteiger partial charge in [-0.15, -0.1) is 0 Å². The summed E-state index contributed by atoms with van der Waals surface area (Å²) in [5.74, 6) is 0.634. The molecule has 61 heavy (non-hydrogen) atoms. The second kappa shape index (κ2) is 15.4. The molecule has 288 valence electrons. The lowest BCUT2D eigenvalue weighted by molar-refractivity contribution is 0.623. The molecule has 0 unspecified atom stereocenters. The zero-order chi connectivity index (χ0) is 40.6. The molecule has 0 saturated carbocycles. The highest BCUT2D eigenvalue weighted by atomic mass is 28.3. The van der Waals surface area contributed by atoms with Crippen LogP contribution in [-0.4, -0.2) is 13.1 Å². The fourth-order valence-corrected chi connectivity index (χ4v) is 13.9. The van der Waals surface area contributed by atoms with Gasteiger partial charge in [0.1, 0.15) is 5.52 Å². The number of para-hydroxylation sites is 1. The van der Waals surface area contributed by atoms with Crippen molar-refractivity contribution in [2.24, 2.45) is 0 Å². The number of hydrogen-bond acceptors (Lipinski definition) is 3. The predicted octanol–water partition coefficient (Wildman–Crippen LogP) is 12.3. The number of benzene rings is 10. The zero-order valence-electron chi connectivity index (χ0n) is 33.4. The van der Waals surface area contributed by atoms with Crippen molar-refractivity contribution < 1.29 is 4.42 Å². The largest absolute Gasteiger partial charge is 0.435 e. The average Bonchev–Trinajstić information content (AvgIpc) is 3.79. The van der Waals surface area contributed by atoms with Crippen LogP contribution in [0.3, 0.4) is 0 Å². The van der Waals surface area contributed by atoms with E-state index >= 15 is 0 Å². The summed E-state index contributed by atoms with van der Waals surface area (Å²) < 4.78 is 6.53. The molecule has 10 aromatic carbocycles. The lowest BCUT2D eigenvalue weighted by Gasteiger charge is -2.35. The van der Waals surface area contributed by atoms with Gasteiger partial charge in [-0.3, -0.25) is 0 Å². The van der Waals surface area contributed by atoms with Crippen LogP contribution < -0.4 is 25.6 Å². The second-order valence-corrected chi connectivity index (χ2v) is 19.3. The van der Waals surface area contributed by atoms with Gasteiger partial charge in [-0.1, -0.05) is 182 Å². The Balaban J connectivity index is 0.995. The van der Waals surface area contributed by atoms with Gasteiger partial charge in [-0.25, -0.2) is 4.98 Å². The van der Waals surface area contributed by atoms with Gasteiger partial charge in [0.2, 0.25) is 5.89 Å². The van der Waals surface area contributed by atoms with Crippen molar-refractivity contribution in [1.29, 1.82) is 0 Å². The van der Waals surface area contributed by atoms with Gasteiger partial charge in [0.05, 0.1) is 0 Å². The van der Waals surface area contributed by atoms with Crippen molar-refractivity contribution in [3.05, 3.63) is 243 Å². The van der Waals surface area contributed by atoms with E-state index in [2.05, 4.69) is 217 Å². The van der Waals surface area contributed by atoms with E-state index in [-0.39, 0.29) is 0 Å². The molecular formula is C57H40N2OSi. The van der Waals surface area contributed by atoms with Crippen molar-refractivity contribution in [1.82, 2.24) is 4.98 Å². The molecule has 0 aliphatic rings. The number of rotatable bonds is 9. The number of nitrogens with zero attached hydrogens (tertiary/aromatic N) is 2. The quantitative estimate of drug-likeness (QED) is 0.0828. The summed E-state index contributed by atoms with van der Waals surface area (Å²) in [5.41, 5.74) is 8.21. The molecule has 0 saturated heterocycles. The summed E-state index contributed by atoms with van der Waals surface area (Å²) in [4.78, 5) is 7.24. The third kappa shape index (κ3) is 6.42. The van der Waals surface area contributed by atoms with Crippen molar-refractivity contribution >= 4 is 78.5 Å². The van der Waals surface area contributed by atoms with Gasteiger partial charge >= 0.3 is 0 Å². The molecule has 0 fully saturated rings. The van der Waals surface area contributed by atoms with Crippen LogP contribution in [-0.2, 0) is 0 Å². The molecular weight excluding hydrogens is 757 g/mol. The van der Waals surface area contributed by atoms with E-state index in [1.807, 2.05) is 30.3 Å². The maximum atomic E-state index is 6.53. The molecule has 0 amide bonds. The average molecular weight is 797 g/mol. The maximum absolute atomic E-state index is 6.53. The summed E-state index contributed by atoms with van der Waals surface area (Å²) in [7, 11) is -2.66. The van der Waals surface area contributed by atoms with Crippen LogP contribution in [0.4, 0.5) is 17.1 Å². The van der Waals surface area contributed by atoms with Crippen LogP contribution in [0, 0.1) is 0 Å². The van der Waals surface area contributed by atoms with Gasteiger partial charge in [0, 0.05) is 28.0 Å². The van der Waals surface area contributed by atoms with Crippen LogP contribution in [0.2, 0.25) is 0 Å². The van der Waals surface area contributed by atoms with Crippen LogP contribution in [0.15, 0.2) is 247 Å². The normalized spacial score (nSPS) is 11.6. The highest BCUT2D eigenvalue weighted by Crippen LogP contribution is 2.38. The molecule has 0 spiro atoms. The zero-order valence-corrected chi connectivity index (χ0v) is 34.4. The van der Waals surface area contributed by atoms with E-state index in [1.54, 1.807) is 0 Å². The first kappa shape index (κ1) is 36.3. The Labute approximate surface area is 356 Å². The molecule has 4 heteroatoms. The van der Waals surface area contributed by atoms with Gasteiger partial charge in [0.15, 0.2) is 13.7 Å². The van der Waals surface area contributed by atoms with Crippen LogP contribution >= 0.6 is 0 Å². The molecule has 0 aliphatic heterocycles. The summed E-state index contributed by atoms with van der Waals surface area (Å²) in [6.45, 7) is 0. The first-order valence-electron chi connectivity index (χ1n) is 20.8. The van der Waals surface area contributed by atoms with Crippen LogP contribution in [0.1, 0.15) is 0 Å². The monoisotopic (exact) mass is 796 g/mol. The predicted molar refractivity (Wildman–Crippen MR) is 258 cm³/mol. The van der Waals surface area contributed by atoms with Crippen molar-refractivity contribution in [3.8, 4) is 22.6 Å². The van der Waals surface area contributed by atoms with Gasteiger partial charge in [-0.2, -0.15) is 0 Å². The Hall–Kier alpha value is -7.79. The topological polar surface area (TPSA) is 29.3 Å². The van der Waals surface area contributed by atoms with E-state index in [9.17, 15) is 0 Å². The third-order valence-corrected chi connectivity index (χ3v) is 16.8. The second-order valence-electron chi connectivity index (χ2n) is 15.5. The molecule has 11 aromatic rings. The molecule has 0 atom stereocenters. The Morgan fingerprint density at radius 2 is 0.803 bits per heavy atom. The van der Waals surface area contributed by atoms with Crippen molar-refractivity contribution in [2.45, 2.75) is 0 Å². The van der Waals surface area contributed by atoms with E-state index in [4.69, 9.17) is 9.40 Å². The van der Waals surface area contributed by atoms with E-state index in [1.165, 1.54) is 20.7 Å². The Bertz CT molecular complexity index is 3170. The molecule has 0 bridgehead atoms. The lowest BCUT2D eigenvalue weighted by Crippen LogP contribution is -2.74. The smallest absolute Gasteiger partial charge is 0.227 e. The van der Waals surface area contributed by atoms with Crippen molar-refractivity contribution in [2.75, 3.05) is 4.90 Å². The summed E-state index contributed by atoms with van der Waals surface area (Å²) in [6, 6.07) is 87.6. The lowest BCUT2D eigenvalue weighted by atomic mass is 9.96. The number of fused-ring (bicyclic) bond motifs is 5. The minimum atomic E-state index is -2.66. The minimum absolute atomic E-state index is 0.634. The van der Waals surface area contributed by atoms with Crippen LogP contribution in [0.25, 0.3) is 55.2 Å². The van der Waals surface area contributed by atoms with E-state index < -0.39 is 8.07 Å². The standard InChI is InChI=1S/C57H40N2OSi/c1-6-16-44(17-7-1)57-58-54-39-32-43-28-26-42-27-29-45(40-53(42)55(43)56(54)60-57)41-30-33-47(34-31-41)59(46-18-8-2-9-19-46)48-35-37-52(38-36-48)61(49-20-10-3-11-21-49,50-22-12-4-13-23-50)51-24-14-5-15-25-51/h1-40H.